The van der Waals surface area contributed by atoms with Crippen LogP contribution in [0.2, 0.25) is 0 Å². The summed E-state index contributed by atoms with van der Waals surface area (Å²) < 4.78 is 0. The number of hydrogen-bond donors (Lipinski definition) is 3. The average Bonchev–Trinajstić information content (AvgIpc) is 1.68. The van der Waals surface area contributed by atoms with Gasteiger partial charge in [-0.2, -0.15) is 0 Å². The molecule has 0 aliphatic heterocycles. The Bertz CT molecular complexity index is 88.4. The predicted octanol–water partition coefficient (Wildman–Crippen LogP) is -1.03. The summed E-state index contributed by atoms with van der Waals surface area (Å²) >= 11 is 0. The number of aliphatic hydroxyl groups is 1. The topological polar surface area (TPSA) is 94.8 Å². The molecule has 0 aromatic carbocycles. The third-order valence-electron chi connectivity index (χ3n) is 0.183. The van der Waals surface area contributed by atoms with E-state index in [9.17, 15) is 0 Å². The summed E-state index contributed by atoms with van der Waals surface area (Å²) in [5.74, 6) is -3.65. The minimum Gasteiger partial charge on any atom is -0.473 e. The number of rotatable bonds is 0. The first-order valence-corrected chi connectivity index (χ1v) is 2.65. The monoisotopic (exact) mass is 154 g/mol. The average molecular weight is 154 g/mol. The van der Waals surface area contributed by atoms with E-state index in [1.54, 1.807) is 0 Å². The highest BCUT2D eigenvalue weighted by molar-refractivity contribution is 7.16. The van der Waals surface area contributed by atoms with Crippen molar-refractivity contribution in [3.05, 3.63) is 0 Å². The molecule has 3 N–H and O–H groups in total. The molecule has 5 nitrogen and oxygen atoms in total. The van der Waals surface area contributed by atoms with Crippen molar-refractivity contribution < 1.29 is 24.9 Å². The van der Waals surface area contributed by atoms with Gasteiger partial charge in [-0.05, 0) is 0 Å². The Morgan fingerprint density at radius 1 is 1.22 bits per heavy atom. The van der Waals surface area contributed by atoms with Crippen LogP contribution in [0.25, 0.3) is 0 Å². The molecule has 0 saturated heterocycles. The predicted molar refractivity (Wildman–Crippen MR) is 32.1 cm³/mol. The van der Waals surface area contributed by atoms with Gasteiger partial charge in [0.1, 0.15) is 0 Å². The van der Waals surface area contributed by atoms with Crippen LogP contribution in [0.5, 0.6) is 0 Å². The summed E-state index contributed by atoms with van der Waals surface area (Å²) in [6.45, 7) is 0. The van der Waals surface area contributed by atoms with Gasteiger partial charge in [0.15, 0.2) is 0 Å². The summed E-state index contributed by atoms with van der Waals surface area (Å²) in [7, 11) is 2.13. The van der Waals surface area contributed by atoms with E-state index in [0.29, 0.717) is 0 Å². The summed E-state index contributed by atoms with van der Waals surface area (Å²) in [5.41, 5.74) is 0. The normalized spacial score (nSPS) is 6.89. The number of hydrogen-bond acceptors (Lipinski definition) is 3. The molecule has 0 heterocycles. The van der Waals surface area contributed by atoms with Gasteiger partial charge in [0, 0.05) is 0 Å². The van der Waals surface area contributed by atoms with Crippen LogP contribution in [0.4, 0.5) is 0 Å². The van der Waals surface area contributed by atoms with Gasteiger partial charge in [0.05, 0.1) is 6.35 Å². The molecule has 0 amide bonds. The lowest BCUT2D eigenvalue weighted by molar-refractivity contribution is -0.159. The highest BCUT2D eigenvalue weighted by Crippen LogP contribution is 1.63. The van der Waals surface area contributed by atoms with Crippen LogP contribution < -0.4 is 0 Å². The van der Waals surface area contributed by atoms with E-state index in [2.05, 4.69) is 9.24 Å². The fourth-order valence-corrected chi connectivity index (χ4v) is 0. The Kier molecular flexibility index (Phi) is 9.10. The lowest BCUT2D eigenvalue weighted by Crippen LogP contribution is -2.09. The van der Waals surface area contributed by atoms with Crippen LogP contribution in [-0.4, -0.2) is 33.6 Å². The molecule has 0 aliphatic carbocycles. The third kappa shape index (κ3) is 18.8. The Labute approximate surface area is 53.5 Å². The van der Waals surface area contributed by atoms with E-state index in [-0.39, 0.29) is 6.35 Å². The van der Waals surface area contributed by atoms with E-state index in [0.717, 1.165) is 0 Å². The van der Waals surface area contributed by atoms with Crippen molar-refractivity contribution in [2.75, 3.05) is 6.35 Å². The number of aliphatic hydroxyl groups excluding tert-OH is 1. The second kappa shape index (κ2) is 7.33. The Hall–Kier alpha value is -0.670. The standard InChI is InChI=1S/C2H2O4.CH5OP/c3-1(4)2(5)6;2-1-3/h(H,3,4)(H,5,6);2H,1,3H2. The van der Waals surface area contributed by atoms with Gasteiger partial charge in [-0.25, -0.2) is 9.59 Å². The molecular weight excluding hydrogens is 147 g/mol. The fraction of sp³-hybridized carbons (Fsp3) is 0.333. The van der Waals surface area contributed by atoms with Gasteiger partial charge in [-0.15, -0.1) is 9.24 Å². The number of carboxylic acid groups (broad SMARTS) is 2. The van der Waals surface area contributed by atoms with Crippen molar-refractivity contribution in [3.8, 4) is 0 Å². The fourth-order valence-electron chi connectivity index (χ4n) is 0. The molecule has 0 saturated carbocycles. The molecule has 6 heteroatoms. The van der Waals surface area contributed by atoms with Gasteiger partial charge in [0.25, 0.3) is 0 Å². The Morgan fingerprint density at radius 3 is 1.33 bits per heavy atom. The number of carbonyl (C=O) groups is 2. The van der Waals surface area contributed by atoms with Crippen molar-refractivity contribution in [3.63, 3.8) is 0 Å². The van der Waals surface area contributed by atoms with E-state index < -0.39 is 11.9 Å². The molecule has 0 radical (unpaired) electrons. The quantitative estimate of drug-likeness (QED) is 0.306. The zero-order valence-electron chi connectivity index (χ0n) is 4.44. The van der Waals surface area contributed by atoms with E-state index in [1.165, 1.54) is 0 Å². The van der Waals surface area contributed by atoms with Crippen LogP contribution >= 0.6 is 9.24 Å². The highest BCUT2D eigenvalue weighted by atomic mass is 31.0. The summed E-state index contributed by atoms with van der Waals surface area (Å²) in [6, 6.07) is 0. The molecule has 0 bridgehead atoms. The first kappa shape index (κ1) is 11.2. The van der Waals surface area contributed by atoms with E-state index >= 15 is 0 Å². The SMILES string of the molecule is O=C(O)C(=O)O.OCP. The van der Waals surface area contributed by atoms with Crippen molar-refractivity contribution in [1.29, 1.82) is 0 Å². The molecule has 0 rings (SSSR count). The van der Waals surface area contributed by atoms with Crippen molar-refractivity contribution in [2.24, 2.45) is 0 Å². The van der Waals surface area contributed by atoms with Gasteiger partial charge in [-0.1, -0.05) is 0 Å². The summed E-state index contributed by atoms with van der Waals surface area (Å²) in [4.78, 5) is 18.2. The maximum Gasteiger partial charge on any atom is 0.414 e. The van der Waals surface area contributed by atoms with E-state index in [4.69, 9.17) is 24.9 Å². The van der Waals surface area contributed by atoms with Gasteiger partial charge in [0.2, 0.25) is 0 Å². The van der Waals surface area contributed by atoms with Gasteiger partial charge < -0.3 is 15.3 Å². The molecule has 0 fully saturated rings. The summed E-state index contributed by atoms with van der Waals surface area (Å²) in [5, 5.41) is 22.3. The third-order valence-corrected chi connectivity index (χ3v) is 0.183. The van der Waals surface area contributed by atoms with Crippen LogP contribution in [0.1, 0.15) is 0 Å². The number of aliphatic carboxylic acids is 2. The molecule has 54 valence electrons. The molecule has 0 aromatic rings. The maximum atomic E-state index is 9.10. The first-order valence-electron chi connectivity index (χ1n) is 1.83. The molecule has 1 unspecified atom stereocenters. The van der Waals surface area contributed by atoms with Crippen molar-refractivity contribution >= 4 is 21.2 Å². The van der Waals surface area contributed by atoms with Crippen LogP contribution in [0.15, 0.2) is 0 Å². The second-order valence-corrected chi connectivity index (χ2v) is 1.16. The molecular formula is C3H7O5P. The molecule has 0 spiro atoms. The minimum atomic E-state index is -1.82. The smallest absolute Gasteiger partial charge is 0.414 e. The number of carboxylic acids is 2. The lowest BCUT2D eigenvalue weighted by Gasteiger charge is -1.72. The Balaban J connectivity index is 0. The van der Waals surface area contributed by atoms with Crippen LogP contribution in [-0.2, 0) is 9.59 Å². The highest BCUT2D eigenvalue weighted by Gasteiger charge is 2.04. The van der Waals surface area contributed by atoms with Crippen LogP contribution in [0, 0.1) is 0 Å². The van der Waals surface area contributed by atoms with Gasteiger partial charge >= 0.3 is 11.9 Å². The minimum absolute atomic E-state index is 0.167. The molecule has 9 heavy (non-hydrogen) atoms. The zero-order valence-corrected chi connectivity index (χ0v) is 5.60. The first-order chi connectivity index (χ1) is 4.06. The lowest BCUT2D eigenvalue weighted by atomic mass is 10.7. The van der Waals surface area contributed by atoms with Crippen molar-refractivity contribution in [1.82, 2.24) is 0 Å². The second-order valence-electron chi connectivity index (χ2n) is 0.793. The largest absolute Gasteiger partial charge is 0.473 e. The van der Waals surface area contributed by atoms with Crippen LogP contribution in [0.3, 0.4) is 0 Å². The summed E-state index contributed by atoms with van der Waals surface area (Å²) in [6.07, 6.45) is 0.167. The molecule has 0 aliphatic rings. The Morgan fingerprint density at radius 2 is 1.33 bits per heavy atom. The zero-order chi connectivity index (χ0) is 7.86. The molecule has 1 atom stereocenters. The van der Waals surface area contributed by atoms with Gasteiger partial charge in [-0.3, -0.25) is 0 Å². The molecule has 0 aromatic heterocycles. The maximum absolute atomic E-state index is 9.10. The van der Waals surface area contributed by atoms with E-state index in [1.807, 2.05) is 0 Å². The van der Waals surface area contributed by atoms with Crippen molar-refractivity contribution in [2.45, 2.75) is 0 Å².